The molecule has 170 valence electrons. The van der Waals surface area contributed by atoms with Crippen LogP contribution in [-0.2, 0) is 14.8 Å². The van der Waals surface area contributed by atoms with Crippen LogP contribution in [0.1, 0.15) is 81.5 Å². The fourth-order valence-electron chi connectivity index (χ4n) is 3.33. The highest BCUT2D eigenvalue weighted by Gasteiger charge is 2.14. The van der Waals surface area contributed by atoms with Crippen molar-refractivity contribution in [1.29, 1.82) is 0 Å². The predicted molar refractivity (Wildman–Crippen MR) is 126 cm³/mol. The number of hydrogen-bond donors (Lipinski definition) is 1. The molecule has 0 aliphatic heterocycles. The maximum absolute atomic E-state index is 12.3. The van der Waals surface area contributed by atoms with Crippen LogP contribution in [-0.4, -0.2) is 21.0 Å². The Morgan fingerprint density at radius 2 is 1.32 bits per heavy atom. The number of anilines is 1. The fraction of sp³-hybridized carbons (Fsp3) is 0.480. The zero-order chi connectivity index (χ0) is 22.4. The number of hydrogen-bond acceptors (Lipinski definition) is 4. The molecule has 0 atom stereocenters. The molecule has 1 N–H and O–H groups in total. The van der Waals surface area contributed by atoms with Gasteiger partial charge < -0.3 is 4.74 Å². The Labute approximate surface area is 187 Å². The van der Waals surface area contributed by atoms with Crippen LogP contribution in [0.25, 0.3) is 0 Å². The summed E-state index contributed by atoms with van der Waals surface area (Å²) in [6.45, 7) is 2.65. The van der Waals surface area contributed by atoms with Gasteiger partial charge in [-0.05, 0) is 42.8 Å². The van der Waals surface area contributed by atoms with Gasteiger partial charge in [-0.2, -0.15) is 0 Å². The Morgan fingerprint density at radius 1 is 0.774 bits per heavy atom. The molecule has 2 rings (SSSR count). The molecule has 2 aromatic rings. The predicted octanol–water partition coefficient (Wildman–Crippen LogP) is 6.57. The molecule has 0 aliphatic carbocycles. The fourth-order valence-corrected chi connectivity index (χ4v) is 4.41. The molecule has 0 radical (unpaired) electrons. The van der Waals surface area contributed by atoms with Crippen molar-refractivity contribution in [3.63, 3.8) is 0 Å². The second-order valence-electron chi connectivity index (χ2n) is 7.81. The lowest BCUT2D eigenvalue weighted by Crippen LogP contribution is -2.13. The van der Waals surface area contributed by atoms with E-state index < -0.39 is 10.0 Å². The van der Waals surface area contributed by atoms with Crippen molar-refractivity contribution in [3.05, 3.63) is 60.2 Å². The van der Waals surface area contributed by atoms with Crippen LogP contribution >= 0.6 is 0 Å². The number of nitrogens with one attached hydrogen (secondary N) is 1. The summed E-state index contributed by atoms with van der Waals surface area (Å²) in [5, 5.41) is 0. The first-order chi connectivity index (χ1) is 15.0. The highest BCUT2D eigenvalue weighted by molar-refractivity contribution is 7.92. The smallest absolute Gasteiger partial charge is 0.338 e. The van der Waals surface area contributed by atoms with E-state index in [1.807, 2.05) is 0 Å². The Morgan fingerprint density at radius 3 is 1.90 bits per heavy atom. The van der Waals surface area contributed by atoms with Crippen molar-refractivity contribution in [3.8, 4) is 0 Å². The molecule has 0 saturated heterocycles. The van der Waals surface area contributed by atoms with Crippen LogP contribution in [0, 0.1) is 0 Å². The maximum atomic E-state index is 12.3. The molecule has 0 spiro atoms. The van der Waals surface area contributed by atoms with Crippen LogP contribution in [0.3, 0.4) is 0 Å². The summed E-state index contributed by atoms with van der Waals surface area (Å²) in [7, 11) is -3.65. The van der Waals surface area contributed by atoms with Crippen LogP contribution in [0.4, 0.5) is 5.69 Å². The van der Waals surface area contributed by atoms with Gasteiger partial charge in [0.2, 0.25) is 0 Å². The van der Waals surface area contributed by atoms with Gasteiger partial charge in [0.1, 0.15) is 0 Å². The SMILES string of the molecule is CCCCCCCCCCCCOC(=O)c1ccc(NS(=O)(=O)c2ccccc2)cc1. The standard InChI is InChI=1S/C25H35NO4S/c1-2-3-4-5-6-7-8-9-10-14-21-30-25(27)22-17-19-23(20-18-22)26-31(28,29)24-15-12-11-13-16-24/h11-13,15-20,26H,2-10,14,21H2,1H3. The van der Waals surface area contributed by atoms with Crippen LogP contribution < -0.4 is 4.72 Å². The molecule has 0 unspecified atom stereocenters. The van der Waals surface area contributed by atoms with E-state index in [0.717, 1.165) is 12.8 Å². The van der Waals surface area contributed by atoms with Gasteiger partial charge in [-0.25, -0.2) is 13.2 Å². The molecular formula is C25H35NO4S. The Kier molecular flexibility index (Phi) is 11.1. The molecule has 0 aliphatic rings. The van der Waals surface area contributed by atoms with Crippen molar-refractivity contribution < 1.29 is 17.9 Å². The van der Waals surface area contributed by atoms with Gasteiger partial charge in [0.05, 0.1) is 17.1 Å². The minimum absolute atomic E-state index is 0.190. The third kappa shape index (κ3) is 9.55. The number of ether oxygens (including phenoxy) is 1. The van der Waals surface area contributed by atoms with Gasteiger partial charge in [0.25, 0.3) is 10.0 Å². The molecule has 0 aromatic heterocycles. The summed E-state index contributed by atoms with van der Waals surface area (Å²) in [6.07, 6.45) is 12.3. The van der Waals surface area contributed by atoms with Crippen molar-refractivity contribution in [2.75, 3.05) is 11.3 Å². The number of unbranched alkanes of at least 4 members (excludes halogenated alkanes) is 9. The van der Waals surface area contributed by atoms with Crippen molar-refractivity contribution >= 4 is 21.7 Å². The number of carbonyl (C=O) groups is 1. The lowest BCUT2D eigenvalue weighted by Gasteiger charge is -2.09. The molecule has 0 amide bonds. The minimum atomic E-state index is -3.65. The number of benzene rings is 2. The molecule has 5 nitrogen and oxygen atoms in total. The molecule has 0 fully saturated rings. The largest absolute Gasteiger partial charge is 0.462 e. The molecule has 31 heavy (non-hydrogen) atoms. The van der Waals surface area contributed by atoms with E-state index in [-0.39, 0.29) is 10.9 Å². The summed E-state index contributed by atoms with van der Waals surface area (Å²) < 4.78 is 32.5. The van der Waals surface area contributed by atoms with Crippen LogP contribution in [0.2, 0.25) is 0 Å². The zero-order valence-corrected chi connectivity index (χ0v) is 19.3. The molecule has 0 saturated carbocycles. The summed E-state index contributed by atoms with van der Waals surface area (Å²) in [6, 6.07) is 14.4. The summed E-state index contributed by atoms with van der Waals surface area (Å²) >= 11 is 0. The maximum Gasteiger partial charge on any atom is 0.338 e. The first-order valence-electron chi connectivity index (χ1n) is 11.4. The number of carbonyl (C=O) groups excluding carboxylic acids is 1. The van der Waals surface area contributed by atoms with Crippen molar-refractivity contribution in [1.82, 2.24) is 0 Å². The normalized spacial score (nSPS) is 11.3. The van der Waals surface area contributed by atoms with Gasteiger partial charge in [-0.3, -0.25) is 4.72 Å². The molecule has 0 heterocycles. The Balaban J connectivity index is 1.64. The van der Waals surface area contributed by atoms with E-state index in [4.69, 9.17) is 4.74 Å². The molecule has 2 aromatic carbocycles. The van der Waals surface area contributed by atoms with Gasteiger partial charge in [0.15, 0.2) is 0 Å². The average molecular weight is 446 g/mol. The zero-order valence-electron chi connectivity index (χ0n) is 18.5. The highest BCUT2D eigenvalue weighted by Crippen LogP contribution is 2.17. The van der Waals surface area contributed by atoms with Crippen LogP contribution in [0.15, 0.2) is 59.5 Å². The second kappa shape index (κ2) is 13.9. The van der Waals surface area contributed by atoms with Crippen LogP contribution in [0.5, 0.6) is 0 Å². The van der Waals surface area contributed by atoms with E-state index in [9.17, 15) is 13.2 Å². The van der Waals surface area contributed by atoms with Gasteiger partial charge >= 0.3 is 5.97 Å². The highest BCUT2D eigenvalue weighted by atomic mass is 32.2. The number of sulfonamides is 1. The Hall–Kier alpha value is -2.34. The Bertz CT molecular complexity index is 864. The lowest BCUT2D eigenvalue weighted by molar-refractivity contribution is 0.0497. The third-order valence-electron chi connectivity index (χ3n) is 5.16. The summed E-state index contributed by atoms with van der Waals surface area (Å²) in [4.78, 5) is 12.4. The average Bonchev–Trinajstić information content (AvgIpc) is 2.78. The lowest BCUT2D eigenvalue weighted by atomic mass is 10.1. The first kappa shape index (κ1) is 24.9. The van der Waals surface area contributed by atoms with E-state index in [1.54, 1.807) is 42.5 Å². The van der Waals surface area contributed by atoms with Gasteiger partial charge in [-0.15, -0.1) is 0 Å². The summed E-state index contributed by atoms with van der Waals surface area (Å²) in [5.41, 5.74) is 0.810. The third-order valence-corrected chi connectivity index (χ3v) is 6.55. The molecular weight excluding hydrogens is 410 g/mol. The number of rotatable bonds is 15. The van der Waals surface area contributed by atoms with E-state index in [1.165, 1.54) is 63.5 Å². The molecule has 6 heteroatoms. The first-order valence-corrected chi connectivity index (χ1v) is 12.9. The topological polar surface area (TPSA) is 72.5 Å². The van der Waals surface area contributed by atoms with Gasteiger partial charge in [0, 0.05) is 5.69 Å². The van der Waals surface area contributed by atoms with Crippen molar-refractivity contribution in [2.24, 2.45) is 0 Å². The van der Waals surface area contributed by atoms with E-state index in [2.05, 4.69) is 11.6 Å². The number of esters is 1. The van der Waals surface area contributed by atoms with E-state index in [0.29, 0.717) is 17.9 Å². The van der Waals surface area contributed by atoms with Gasteiger partial charge in [-0.1, -0.05) is 82.9 Å². The quantitative estimate of drug-likeness (QED) is 0.249. The second-order valence-corrected chi connectivity index (χ2v) is 9.50. The minimum Gasteiger partial charge on any atom is -0.462 e. The van der Waals surface area contributed by atoms with Crippen molar-refractivity contribution in [2.45, 2.75) is 76.0 Å². The van der Waals surface area contributed by atoms with E-state index >= 15 is 0 Å². The monoisotopic (exact) mass is 445 g/mol. The summed E-state index contributed by atoms with van der Waals surface area (Å²) in [5.74, 6) is -0.381. The molecule has 0 bridgehead atoms.